The molecule has 1 fully saturated rings. The smallest absolute Gasteiger partial charge is 0.325 e. The summed E-state index contributed by atoms with van der Waals surface area (Å²) in [5.74, 6) is -1.78. The lowest BCUT2D eigenvalue weighted by atomic mass is 9.91. The highest BCUT2D eigenvalue weighted by Crippen LogP contribution is 2.41. The first-order chi connectivity index (χ1) is 12.5. The molecule has 4 rings (SSSR count). The summed E-state index contributed by atoms with van der Waals surface area (Å²) in [6.07, 6.45) is 1.42. The standard InChI is InChI=1S/C18H14N2O6/c1-25-13(21)9-19-14(12-7-4-8-26-12)15(18(19)24)20-16(22)10-5-2-3-6-11(10)17(20)23/h2-8,14-15H,9H2,1H3/t14-,15+/m1/s1. The van der Waals surface area contributed by atoms with Gasteiger partial charge in [-0.3, -0.25) is 24.1 Å². The normalized spacial score (nSPS) is 21.7. The van der Waals surface area contributed by atoms with E-state index in [0.717, 1.165) is 4.90 Å². The number of hydrogen-bond acceptors (Lipinski definition) is 6. The topological polar surface area (TPSA) is 97.1 Å². The number of amides is 3. The molecule has 26 heavy (non-hydrogen) atoms. The van der Waals surface area contributed by atoms with Crippen molar-refractivity contribution in [1.29, 1.82) is 0 Å². The summed E-state index contributed by atoms with van der Waals surface area (Å²) in [5.41, 5.74) is 0.518. The summed E-state index contributed by atoms with van der Waals surface area (Å²) in [7, 11) is 1.22. The summed E-state index contributed by atoms with van der Waals surface area (Å²) >= 11 is 0. The van der Waals surface area contributed by atoms with Crippen LogP contribution in [0.5, 0.6) is 0 Å². The number of likely N-dealkylation sites (tertiary alicyclic amines) is 1. The van der Waals surface area contributed by atoms with Gasteiger partial charge in [-0.25, -0.2) is 0 Å². The van der Waals surface area contributed by atoms with Gasteiger partial charge in [0.2, 0.25) is 5.91 Å². The van der Waals surface area contributed by atoms with Crippen LogP contribution in [0.4, 0.5) is 0 Å². The van der Waals surface area contributed by atoms with E-state index in [1.54, 1.807) is 36.4 Å². The second-order valence-corrected chi connectivity index (χ2v) is 5.97. The highest BCUT2D eigenvalue weighted by atomic mass is 16.5. The fourth-order valence-corrected chi connectivity index (χ4v) is 3.39. The van der Waals surface area contributed by atoms with Gasteiger partial charge in [0.15, 0.2) is 0 Å². The third-order valence-electron chi connectivity index (χ3n) is 4.64. The number of carbonyl (C=O) groups is 4. The Balaban J connectivity index is 1.70. The molecule has 3 heterocycles. The molecule has 0 unspecified atom stereocenters. The van der Waals surface area contributed by atoms with Crippen LogP contribution >= 0.6 is 0 Å². The summed E-state index contributed by atoms with van der Waals surface area (Å²) in [6.45, 7) is -0.291. The zero-order valence-electron chi connectivity index (χ0n) is 13.7. The van der Waals surface area contributed by atoms with Crippen LogP contribution in [0.2, 0.25) is 0 Å². The molecular formula is C18H14N2O6. The third-order valence-corrected chi connectivity index (χ3v) is 4.64. The van der Waals surface area contributed by atoms with Crippen LogP contribution in [0.3, 0.4) is 0 Å². The molecule has 132 valence electrons. The van der Waals surface area contributed by atoms with Gasteiger partial charge in [0.05, 0.1) is 24.5 Å². The molecule has 1 saturated heterocycles. The van der Waals surface area contributed by atoms with Gasteiger partial charge in [-0.05, 0) is 24.3 Å². The Labute approximate surface area is 147 Å². The minimum absolute atomic E-state index is 0.259. The Kier molecular flexibility index (Phi) is 3.61. The van der Waals surface area contributed by atoms with E-state index in [1.807, 2.05) is 0 Å². The molecule has 2 aliphatic rings. The van der Waals surface area contributed by atoms with E-state index < -0.39 is 35.8 Å². The lowest BCUT2D eigenvalue weighted by molar-refractivity contribution is -0.164. The van der Waals surface area contributed by atoms with E-state index in [0.29, 0.717) is 5.76 Å². The molecule has 0 saturated carbocycles. The quantitative estimate of drug-likeness (QED) is 0.462. The zero-order chi connectivity index (χ0) is 18.4. The van der Waals surface area contributed by atoms with Gasteiger partial charge < -0.3 is 14.1 Å². The van der Waals surface area contributed by atoms with Crippen molar-refractivity contribution in [3.63, 3.8) is 0 Å². The van der Waals surface area contributed by atoms with Crippen molar-refractivity contribution in [3.05, 3.63) is 59.5 Å². The van der Waals surface area contributed by atoms with Crippen LogP contribution in [-0.2, 0) is 14.3 Å². The molecule has 3 amide bonds. The average molecular weight is 354 g/mol. The van der Waals surface area contributed by atoms with Gasteiger partial charge in [-0.15, -0.1) is 0 Å². The minimum Gasteiger partial charge on any atom is -0.468 e. The van der Waals surface area contributed by atoms with E-state index in [2.05, 4.69) is 4.74 Å². The van der Waals surface area contributed by atoms with Crippen molar-refractivity contribution in [2.45, 2.75) is 12.1 Å². The van der Waals surface area contributed by atoms with Crippen molar-refractivity contribution < 1.29 is 28.3 Å². The summed E-state index contributed by atoms with van der Waals surface area (Å²) < 4.78 is 9.99. The highest BCUT2D eigenvalue weighted by Gasteiger charge is 2.58. The Morgan fingerprint density at radius 1 is 1.04 bits per heavy atom. The number of nitrogens with zero attached hydrogens (tertiary/aromatic N) is 2. The van der Waals surface area contributed by atoms with Gasteiger partial charge in [0.1, 0.15) is 24.4 Å². The molecule has 0 radical (unpaired) electrons. The number of hydrogen-bond donors (Lipinski definition) is 0. The maximum Gasteiger partial charge on any atom is 0.325 e. The zero-order valence-corrected chi connectivity index (χ0v) is 13.7. The number of methoxy groups -OCH3 is 1. The number of β-lactam (4-membered cyclic amide) rings is 1. The van der Waals surface area contributed by atoms with Crippen LogP contribution < -0.4 is 0 Å². The van der Waals surface area contributed by atoms with Gasteiger partial charge in [0, 0.05) is 0 Å². The molecule has 0 bridgehead atoms. The van der Waals surface area contributed by atoms with E-state index in [9.17, 15) is 19.2 Å². The molecule has 0 N–H and O–H groups in total. The predicted octanol–water partition coefficient (Wildman–Crippen LogP) is 1.00. The highest BCUT2D eigenvalue weighted by molar-refractivity contribution is 6.23. The fourth-order valence-electron chi connectivity index (χ4n) is 3.39. The van der Waals surface area contributed by atoms with Crippen molar-refractivity contribution in [3.8, 4) is 0 Å². The molecular weight excluding hydrogens is 340 g/mol. The van der Waals surface area contributed by atoms with E-state index in [4.69, 9.17) is 4.42 Å². The monoisotopic (exact) mass is 354 g/mol. The van der Waals surface area contributed by atoms with Gasteiger partial charge in [0.25, 0.3) is 11.8 Å². The molecule has 1 aromatic carbocycles. The Morgan fingerprint density at radius 2 is 1.69 bits per heavy atom. The van der Waals surface area contributed by atoms with E-state index in [1.165, 1.54) is 18.3 Å². The number of benzene rings is 1. The minimum atomic E-state index is -1.06. The lowest BCUT2D eigenvalue weighted by Gasteiger charge is -2.47. The van der Waals surface area contributed by atoms with Crippen molar-refractivity contribution in [1.82, 2.24) is 9.80 Å². The number of rotatable bonds is 4. The maximum absolute atomic E-state index is 12.7. The van der Waals surface area contributed by atoms with Crippen molar-refractivity contribution >= 4 is 23.7 Å². The molecule has 2 aliphatic heterocycles. The Bertz CT molecular complexity index is 885. The third kappa shape index (κ3) is 2.15. The maximum atomic E-state index is 12.7. The molecule has 2 atom stereocenters. The first-order valence-electron chi connectivity index (χ1n) is 7.92. The van der Waals surface area contributed by atoms with E-state index >= 15 is 0 Å². The molecule has 8 nitrogen and oxygen atoms in total. The molecule has 0 aliphatic carbocycles. The van der Waals surface area contributed by atoms with Crippen LogP contribution in [-0.4, -0.2) is 53.2 Å². The summed E-state index contributed by atoms with van der Waals surface area (Å²) in [6, 6.07) is 7.88. The van der Waals surface area contributed by atoms with Gasteiger partial charge in [-0.1, -0.05) is 12.1 Å². The largest absolute Gasteiger partial charge is 0.468 e. The number of ether oxygens (including phenoxy) is 1. The predicted molar refractivity (Wildman–Crippen MR) is 85.9 cm³/mol. The number of esters is 1. The second kappa shape index (κ2) is 5.83. The van der Waals surface area contributed by atoms with Crippen molar-refractivity contribution in [2.75, 3.05) is 13.7 Å². The SMILES string of the molecule is COC(=O)CN1C(=O)[C@@H](N2C(=O)c3ccccc3C2=O)[C@H]1c1ccco1. The fraction of sp³-hybridized carbons (Fsp3) is 0.222. The first-order valence-corrected chi connectivity index (χ1v) is 7.92. The van der Waals surface area contributed by atoms with Crippen LogP contribution in [0, 0.1) is 0 Å². The Morgan fingerprint density at radius 3 is 2.23 bits per heavy atom. The summed E-state index contributed by atoms with van der Waals surface area (Å²) in [4.78, 5) is 51.9. The molecule has 2 aromatic rings. The number of carbonyl (C=O) groups excluding carboxylic acids is 4. The first kappa shape index (κ1) is 16.1. The van der Waals surface area contributed by atoms with Crippen LogP contribution in [0.25, 0.3) is 0 Å². The Hall–Kier alpha value is -3.42. The number of imide groups is 1. The molecule has 0 spiro atoms. The van der Waals surface area contributed by atoms with Gasteiger partial charge >= 0.3 is 5.97 Å². The van der Waals surface area contributed by atoms with Crippen LogP contribution in [0.15, 0.2) is 47.1 Å². The molecule has 1 aromatic heterocycles. The number of furan rings is 1. The average Bonchev–Trinajstić information content (AvgIpc) is 3.26. The number of fused-ring (bicyclic) bond motifs is 1. The summed E-state index contributed by atoms with van der Waals surface area (Å²) in [5, 5.41) is 0. The van der Waals surface area contributed by atoms with Crippen LogP contribution in [0.1, 0.15) is 32.5 Å². The van der Waals surface area contributed by atoms with Crippen molar-refractivity contribution in [2.24, 2.45) is 0 Å². The molecule has 8 heteroatoms. The second-order valence-electron chi connectivity index (χ2n) is 5.97. The lowest BCUT2D eigenvalue weighted by Crippen LogP contribution is -2.67. The van der Waals surface area contributed by atoms with E-state index in [-0.39, 0.29) is 17.7 Å². The van der Waals surface area contributed by atoms with Gasteiger partial charge in [-0.2, -0.15) is 0 Å².